The second-order valence-corrected chi connectivity index (χ2v) is 3.81. The molecule has 0 amide bonds. The molecule has 0 spiro atoms. The molecule has 1 aromatic rings. The van der Waals surface area contributed by atoms with E-state index in [-0.39, 0.29) is 5.54 Å². The normalized spacial score (nSPS) is 11.9. The van der Waals surface area contributed by atoms with E-state index in [1.807, 2.05) is 38.1 Å². The number of benzene rings is 1. The highest BCUT2D eigenvalue weighted by atomic mass is 16.5. The van der Waals surface area contributed by atoms with Gasteiger partial charge in [0.15, 0.2) is 0 Å². The molecule has 3 nitrogen and oxygen atoms in total. The molecule has 0 fully saturated rings. The Morgan fingerprint density at radius 3 is 2.07 bits per heavy atom. The summed E-state index contributed by atoms with van der Waals surface area (Å²) in [5, 5.41) is 10.7. The van der Waals surface area contributed by atoms with E-state index in [1.54, 1.807) is 14.2 Å². The van der Waals surface area contributed by atoms with E-state index in [1.165, 1.54) is 5.06 Å². The topological polar surface area (TPSA) is 32.7 Å². The summed E-state index contributed by atoms with van der Waals surface area (Å²) in [5.74, 6) is 0.824. The minimum Gasteiger partial charge on any atom is -0.497 e. The van der Waals surface area contributed by atoms with Crippen LogP contribution in [0.4, 0.5) is 0 Å². The maximum atomic E-state index is 9.46. The molecule has 0 heterocycles. The molecular formula is C11H17NO2. The van der Waals surface area contributed by atoms with Gasteiger partial charge in [-0.05, 0) is 31.5 Å². The molecule has 1 aromatic carbocycles. The van der Waals surface area contributed by atoms with Crippen LogP contribution in [0, 0.1) is 0 Å². The fraction of sp³-hybridized carbons (Fsp3) is 0.455. The Kier molecular flexibility index (Phi) is 3.13. The van der Waals surface area contributed by atoms with Gasteiger partial charge < -0.3 is 9.94 Å². The number of ether oxygens (including phenoxy) is 1. The van der Waals surface area contributed by atoms with Crippen molar-refractivity contribution in [2.75, 3.05) is 14.2 Å². The molecule has 0 unspecified atom stereocenters. The van der Waals surface area contributed by atoms with Crippen LogP contribution in [-0.2, 0) is 5.54 Å². The summed E-state index contributed by atoms with van der Waals surface area (Å²) in [7, 11) is 3.28. The molecule has 1 N–H and O–H groups in total. The number of hydrogen-bond acceptors (Lipinski definition) is 3. The summed E-state index contributed by atoms with van der Waals surface area (Å²) in [6.07, 6.45) is 0. The monoisotopic (exact) mass is 195 g/mol. The largest absolute Gasteiger partial charge is 0.497 e. The maximum absolute atomic E-state index is 9.46. The average Bonchev–Trinajstić information content (AvgIpc) is 2.17. The van der Waals surface area contributed by atoms with Crippen molar-refractivity contribution < 1.29 is 9.94 Å². The summed E-state index contributed by atoms with van der Waals surface area (Å²) in [6, 6.07) is 7.68. The third kappa shape index (κ3) is 2.05. The SMILES string of the molecule is COc1ccc(C(C)(C)N(C)O)cc1. The Hall–Kier alpha value is -1.06. The van der Waals surface area contributed by atoms with Crippen LogP contribution in [0.2, 0.25) is 0 Å². The summed E-state index contributed by atoms with van der Waals surface area (Å²) in [6.45, 7) is 3.91. The Morgan fingerprint density at radius 2 is 1.71 bits per heavy atom. The molecule has 78 valence electrons. The fourth-order valence-electron chi connectivity index (χ4n) is 1.19. The summed E-state index contributed by atoms with van der Waals surface area (Å²) >= 11 is 0. The van der Waals surface area contributed by atoms with Gasteiger partial charge in [0.05, 0.1) is 12.6 Å². The second kappa shape index (κ2) is 3.98. The van der Waals surface area contributed by atoms with Gasteiger partial charge in [-0.25, -0.2) is 0 Å². The first-order valence-electron chi connectivity index (χ1n) is 4.55. The lowest BCUT2D eigenvalue weighted by atomic mass is 9.94. The first kappa shape index (κ1) is 11.0. The molecule has 0 saturated heterocycles. The van der Waals surface area contributed by atoms with E-state index in [9.17, 15) is 5.21 Å². The third-order valence-electron chi connectivity index (χ3n) is 2.61. The van der Waals surface area contributed by atoms with E-state index in [0.29, 0.717) is 0 Å². The van der Waals surface area contributed by atoms with Crippen molar-refractivity contribution in [3.05, 3.63) is 29.8 Å². The van der Waals surface area contributed by atoms with Crippen molar-refractivity contribution in [2.45, 2.75) is 19.4 Å². The van der Waals surface area contributed by atoms with Gasteiger partial charge in [-0.3, -0.25) is 0 Å². The summed E-state index contributed by atoms with van der Waals surface area (Å²) in [5.41, 5.74) is 0.662. The Bertz CT molecular complexity index is 291. The van der Waals surface area contributed by atoms with Gasteiger partial charge in [0.2, 0.25) is 0 Å². The minimum absolute atomic E-state index is 0.383. The number of rotatable bonds is 3. The van der Waals surface area contributed by atoms with Gasteiger partial charge in [-0.1, -0.05) is 12.1 Å². The van der Waals surface area contributed by atoms with Gasteiger partial charge >= 0.3 is 0 Å². The fourth-order valence-corrected chi connectivity index (χ4v) is 1.19. The standard InChI is InChI=1S/C11H17NO2/c1-11(2,12(3)13)9-5-7-10(14-4)8-6-9/h5-8,13H,1-4H3. The lowest BCUT2D eigenvalue weighted by Gasteiger charge is -2.31. The molecular weight excluding hydrogens is 178 g/mol. The van der Waals surface area contributed by atoms with E-state index >= 15 is 0 Å². The van der Waals surface area contributed by atoms with Crippen LogP contribution in [0.3, 0.4) is 0 Å². The van der Waals surface area contributed by atoms with Crippen LogP contribution >= 0.6 is 0 Å². The quantitative estimate of drug-likeness (QED) is 0.751. The van der Waals surface area contributed by atoms with Gasteiger partial charge in [-0.2, -0.15) is 5.06 Å². The highest BCUT2D eigenvalue weighted by Crippen LogP contribution is 2.26. The number of methoxy groups -OCH3 is 1. The smallest absolute Gasteiger partial charge is 0.118 e. The van der Waals surface area contributed by atoms with Crippen molar-refractivity contribution >= 4 is 0 Å². The molecule has 14 heavy (non-hydrogen) atoms. The van der Waals surface area contributed by atoms with Gasteiger partial charge in [0.1, 0.15) is 5.75 Å². The van der Waals surface area contributed by atoms with Gasteiger partial charge in [0.25, 0.3) is 0 Å². The van der Waals surface area contributed by atoms with E-state index < -0.39 is 0 Å². The zero-order valence-electron chi connectivity index (χ0n) is 9.11. The first-order valence-corrected chi connectivity index (χ1v) is 4.55. The van der Waals surface area contributed by atoms with Crippen molar-refractivity contribution in [2.24, 2.45) is 0 Å². The summed E-state index contributed by atoms with van der Waals surface area (Å²) < 4.78 is 5.07. The molecule has 0 saturated carbocycles. The van der Waals surface area contributed by atoms with Crippen LogP contribution < -0.4 is 4.74 Å². The predicted octanol–water partition coefficient (Wildman–Crippen LogP) is 2.25. The van der Waals surface area contributed by atoms with Crippen molar-refractivity contribution in [1.29, 1.82) is 0 Å². The first-order chi connectivity index (χ1) is 6.48. The van der Waals surface area contributed by atoms with Crippen molar-refractivity contribution in [3.63, 3.8) is 0 Å². The lowest BCUT2D eigenvalue weighted by Crippen LogP contribution is -2.35. The van der Waals surface area contributed by atoms with Crippen LogP contribution in [0.25, 0.3) is 0 Å². The van der Waals surface area contributed by atoms with Crippen molar-refractivity contribution in [3.8, 4) is 5.75 Å². The Labute approximate surface area is 84.9 Å². The lowest BCUT2D eigenvalue weighted by molar-refractivity contribution is -0.143. The molecule has 0 aromatic heterocycles. The highest BCUT2D eigenvalue weighted by molar-refractivity contribution is 5.30. The molecule has 0 aliphatic carbocycles. The molecule has 0 aliphatic rings. The van der Waals surface area contributed by atoms with Crippen LogP contribution in [0.5, 0.6) is 5.75 Å². The number of hydrogen-bond donors (Lipinski definition) is 1. The molecule has 0 atom stereocenters. The van der Waals surface area contributed by atoms with Crippen LogP contribution in [-0.4, -0.2) is 24.4 Å². The van der Waals surface area contributed by atoms with Crippen LogP contribution in [0.1, 0.15) is 19.4 Å². The molecule has 3 heteroatoms. The predicted molar refractivity (Wildman–Crippen MR) is 55.6 cm³/mol. The zero-order chi connectivity index (χ0) is 10.8. The van der Waals surface area contributed by atoms with Gasteiger partial charge in [-0.15, -0.1) is 0 Å². The third-order valence-corrected chi connectivity index (χ3v) is 2.61. The molecule has 1 rings (SSSR count). The summed E-state index contributed by atoms with van der Waals surface area (Å²) in [4.78, 5) is 0. The van der Waals surface area contributed by atoms with E-state index in [0.717, 1.165) is 11.3 Å². The highest BCUT2D eigenvalue weighted by Gasteiger charge is 2.24. The molecule has 0 aliphatic heterocycles. The Balaban J connectivity index is 2.97. The Morgan fingerprint density at radius 1 is 1.21 bits per heavy atom. The van der Waals surface area contributed by atoms with Crippen molar-refractivity contribution in [1.82, 2.24) is 5.06 Å². The average molecular weight is 195 g/mol. The molecule has 0 bridgehead atoms. The zero-order valence-corrected chi connectivity index (χ0v) is 9.11. The maximum Gasteiger partial charge on any atom is 0.118 e. The van der Waals surface area contributed by atoms with E-state index in [2.05, 4.69) is 0 Å². The van der Waals surface area contributed by atoms with Crippen LogP contribution in [0.15, 0.2) is 24.3 Å². The number of hydroxylamine groups is 2. The second-order valence-electron chi connectivity index (χ2n) is 3.81. The minimum atomic E-state index is -0.383. The number of nitrogens with zero attached hydrogens (tertiary/aromatic N) is 1. The van der Waals surface area contributed by atoms with E-state index in [4.69, 9.17) is 4.74 Å². The van der Waals surface area contributed by atoms with Gasteiger partial charge in [0, 0.05) is 7.05 Å². The molecule has 0 radical (unpaired) electrons.